The van der Waals surface area contributed by atoms with Crippen LogP contribution in [0.15, 0.2) is 192 Å². The molecule has 11 aromatic rings. The number of aromatic nitrogens is 3. The van der Waals surface area contributed by atoms with Crippen LogP contribution in [0.1, 0.15) is 0 Å². The number of rotatable bonds is 5. The molecule has 2 heterocycles. The molecule has 0 saturated carbocycles. The van der Waals surface area contributed by atoms with Gasteiger partial charge in [-0.05, 0) is 72.8 Å². The van der Waals surface area contributed by atoms with E-state index >= 15 is 0 Å². The molecule has 0 N–H and O–H groups in total. The lowest BCUT2D eigenvalue weighted by Gasteiger charge is -2.14. The first-order chi connectivity index (χ1) is 27.3. The molecule has 0 bridgehead atoms. The summed E-state index contributed by atoms with van der Waals surface area (Å²) in [7, 11) is 0. The van der Waals surface area contributed by atoms with Crippen molar-refractivity contribution in [2.75, 3.05) is 0 Å². The van der Waals surface area contributed by atoms with E-state index in [-0.39, 0.29) is 0 Å². The Hall–Kier alpha value is -7.43. The average molecular weight is 702 g/mol. The van der Waals surface area contributed by atoms with Crippen molar-refractivity contribution in [2.45, 2.75) is 0 Å². The number of nitrogens with zero attached hydrogens (tertiary/aromatic N) is 3. The van der Waals surface area contributed by atoms with E-state index in [1.54, 1.807) is 0 Å². The molecule has 0 aliphatic carbocycles. The molecule has 0 spiro atoms. The van der Waals surface area contributed by atoms with Gasteiger partial charge in [-0.15, -0.1) is 0 Å². The first-order valence-electron chi connectivity index (χ1n) is 18.5. The molecule has 4 heteroatoms. The second kappa shape index (κ2) is 12.6. The Morgan fingerprint density at radius 3 is 1.20 bits per heavy atom. The first-order valence-corrected chi connectivity index (χ1v) is 18.5. The largest absolute Gasteiger partial charge is 0.456 e. The summed E-state index contributed by atoms with van der Waals surface area (Å²) in [6, 6.07) is 65.5. The summed E-state index contributed by atoms with van der Waals surface area (Å²) in [5.74, 6) is 1.80. The maximum absolute atomic E-state index is 6.70. The lowest BCUT2D eigenvalue weighted by Crippen LogP contribution is -2.02. The molecule has 11 rings (SSSR count). The fourth-order valence-electron chi connectivity index (χ4n) is 8.24. The molecule has 0 aliphatic rings. The van der Waals surface area contributed by atoms with E-state index in [2.05, 4.69) is 152 Å². The van der Waals surface area contributed by atoms with Gasteiger partial charge in [-0.25, -0.2) is 15.0 Å². The lowest BCUT2D eigenvalue weighted by atomic mass is 9.93. The fraction of sp³-hybridized carbons (Fsp3) is 0. The van der Waals surface area contributed by atoms with Crippen molar-refractivity contribution in [1.29, 1.82) is 0 Å². The molecule has 256 valence electrons. The molecule has 55 heavy (non-hydrogen) atoms. The monoisotopic (exact) mass is 701 g/mol. The van der Waals surface area contributed by atoms with Gasteiger partial charge in [-0.3, -0.25) is 0 Å². The van der Waals surface area contributed by atoms with Crippen LogP contribution in [0.5, 0.6) is 0 Å². The summed E-state index contributed by atoms with van der Waals surface area (Å²) in [6.07, 6.45) is 0. The smallest absolute Gasteiger partial charge is 0.164 e. The second-order valence-electron chi connectivity index (χ2n) is 13.9. The number of fused-ring (bicyclic) bond motifs is 9. The van der Waals surface area contributed by atoms with Gasteiger partial charge in [0.1, 0.15) is 11.2 Å². The predicted octanol–water partition coefficient (Wildman–Crippen LogP) is 13.6. The van der Waals surface area contributed by atoms with Gasteiger partial charge in [-0.2, -0.15) is 0 Å². The number of benzene rings is 9. The Morgan fingerprint density at radius 1 is 0.273 bits per heavy atom. The number of furan rings is 1. The molecule has 0 atom stereocenters. The SMILES string of the molecule is c1ccc(-c2ccccc2-c2nc(-c3ccccc3-c3ccccc3)nc(-c3cccc4oc5cc6c7ccccc7c7ccccc7c6cc5c34)n2)cc1. The Morgan fingerprint density at radius 2 is 0.673 bits per heavy atom. The van der Waals surface area contributed by atoms with Gasteiger partial charge in [0, 0.05) is 27.5 Å². The summed E-state index contributed by atoms with van der Waals surface area (Å²) in [6.45, 7) is 0. The van der Waals surface area contributed by atoms with Crippen molar-refractivity contribution >= 4 is 54.3 Å². The highest BCUT2D eigenvalue weighted by atomic mass is 16.3. The Balaban J connectivity index is 1.21. The quantitative estimate of drug-likeness (QED) is 0.168. The summed E-state index contributed by atoms with van der Waals surface area (Å²) in [5, 5.41) is 9.25. The van der Waals surface area contributed by atoms with Crippen LogP contribution in [0.2, 0.25) is 0 Å². The van der Waals surface area contributed by atoms with E-state index < -0.39 is 0 Å². The van der Waals surface area contributed by atoms with Crippen LogP contribution >= 0.6 is 0 Å². The van der Waals surface area contributed by atoms with E-state index in [4.69, 9.17) is 19.4 Å². The second-order valence-corrected chi connectivity index (χ2v) is 13.9. The molecule has 0 radical (unpaired) electrons. The van der Waals surface area contributed by atoms with Crippen molar-refractivity contribution in [2.24, 2.45) is 0 Å². The Kier molecular flexibility index (Phi) is 7.14. The van der Waals surface area contributed by atoms with Crippen molar-refractivity contribution in [3.8, 4) is 56.4 Å². The van der Waals surface area contributed by atoms with Crippen molar-refractivity contribution in [3.05, 3.63) is 188 Å². The molecular weight excluding hydrogens is 671 g/mol. The van der Waals surface area contributed by atoms with Gasteiger partial charge < -0.3 is 4.42 Å². The van der Waals surface area contributed by atoms with E-state index in [0.717, 1.165) is 60.9 Å². The maximum atomic E-state index is 6.70. The zero-order chi connectivity index (χ0) is 36.3. The van der Waals surface area contributed by atoms with Gasteiger partial charge in [-0.1, -0.05) is 170 Å². The van der Waals surface area contributed by atoms with Gasteiger partial charge in [0.15, 0.2) is 17.5 Å². The molecule has 0 amide bonds. The minimum atomic E-state index is 0.586. The number of hydrogen-bond donors (Lipinski definition) is 0. The molecular formula is C51H31N3O. The van der Waals surface area contributed by atoms with E-state index in [1.807, 2.05) is 36.4 Å². The van der Waals surface area contributed by atoms with Crippen LogP contribution in [0.25, 0.3) is 111 Å². The van der Waals surface area contributed by atoms with Crippen molar-refractivity contribution in [1.82, 2.24) is 15.0 Å². The summed E-state index contributed by atoms with van der Waals surface area (Å²) in [5.41, 5.74) is 8.68. The predicted molar refractivity (Wildman–Crippen MR) is 227 cm³/mol. The molecule has 0 unspecified atom stereocenters. The van der Waals surface area contributed by atoms with Crippen molar-refractivity contribution in [3.63, 3.8) is 0 Å². The summed E-state index contributed by atoms with van der Waals surface area (Å²) in [4.78, 5) is 15.9. The van der Waals surface area contributed by atoms with Crippen LogP contribution < -0.4 is 0 Å². The summed E-state index contributed by atoms with van der Waals surface area (Å²) < 4.78 is 6.70. The maximum Gasteiger partial charge on any atom is 0.164 e. The van der Waals surface area contributed by atoms with Gasteiger partial charge in [0.05, 0.1) is 0 Å². The van der Waals surface area contributed by atoms with E-state index in [1.165, 1.54) is 32.3 Å². The highest BCUT2D eigenvalue weighted by molar-refractivity contribution is 6.28. The van der Waals surface area contributed by atoms with Crippen LogP contribution in [-0.2, 0) is 0 Å². The first kappa shape index (κ1) is 31.1. The third-order valence-electron chi connectivity index (χ3n) is 10.7. The minimum absolute atomic E-state index is 0.586. The third-order valence-corrected chi connectivity index (χ3v) is 10.7. The van der Waals surface area contributed by atoms with Gasteiger partial charge in [0.25, 0.3) is 0 Å². The lowest BCUT2D eigenvalue weighted by molar-refractivity contribution is 0.669. The van der Waals surface area contributed by atoms with Crippen LogP contribution in [-0.4, -0.2) is 15.0 Å². The number of hydrogen-bond acceptors (Lipinski definition) is 4. The van der Waals surface area contributed by atoms with E-state index in [9.17, 15) is 0 Å². The molecule has 2 aromatic heterocycles. The normalized spacial score (nSPS) is 11.6. The fourth-order valence-corrected chi connectivity index (χ4v) is 8.24. The third kappa shape index (κ3) is 5.11. The average Bonchev–Trinajstić information content (AvgIpc) is 3.64. The van der Waals surface area contributed by atoms with Crippen LogP contribution in [0.4, 0.5) is 0 Å². The molecule has 9 aromatic carbocycles. The molecule has 0 fully saturated rings. The van der Waals surface area contributed by atoms with Gasteiger partial charge in [0.2, 0.25) is 0 Å². The van der Waals surface area contributed by atoms with Crippen LogP contribution in [0.3, 0.4) is 0 Å². The van der Waals surface area contributed by atoms with E-state index in [0.29, 0.717) is 17.5 Å². The van der Waals surface area contributed by atoms with Crippen molar-refractivity contribution < 1.29 is 4.42 Å². The van der Waals surface area contributed by atoms with Crippen LogP contribution in [0, 0.1) is 0 Å². The van der Waals surface area contributed by atoms with Gasteiger partial charge >= 0.3 is 0 Å². The highest BCUT2D eigenvalue weighted by Gasteiger charge is 2.21. The molecule has 0 aliphatic heterocycles. The topological polar surface area (TPSA) is 51.8 Å². The molecule has 0 saturated heterocycles. The Bertz CT molecular complexity index is 3160. The standard InChI is InChI=1S/C51H31N3O/c1-3-16-32(17-4-1)34-20-7-13-26-40(34)49-52-50(41-27-14-8-21-35(41)33-18-5-2-6-19-33)54-51(53-49)42-28-15-29-46-48(42)45-30-43-38-24-11-9-22-36(38)37-23-10-12-25-39(37)44(43)31-47(45)55-46/h1-31H. The molecule has 4 nitrogen and oxygen atoms in total. The zero-order valence-corrected chi connectivity index (χ0v) is 29.6. The highest BCUT2D eigenvalue weighted by Crippen LogP contribution is 2.43. The Labute approximate surface area is 317 Å². The zero-order valence-electron chi connectivity index (χ0n) is 29.6. The minimum Gasteiger partial charge on any atom is -0.456 e. The summed E-state index contributed by atoms with van der Waals surface area (Å²) >= 11 is 0.